The molecule has 1 unspecified atom stereocenters. The Morgan fingerprint density at radius 1 is 1.40 bits per heavy atom. The average molecular weight is 302 g/mol. The van der Waals surface area contributed by atoms with Crippen LogP contribution in [0.25, 0.3) is 0 Å². The summed E-state index contributed by atoms with van der Waals surface area (Å²) in [7, 11) is 0. The van der Waals surface area contributed by atoms with Crippen LogP contribution in [0, 0.1) is 18.7 Å². The van der Waals surface area contributed by atoms with Gasteiger partial charge in [0.25, 0.3) is 5.91 Å². The normalized spacial score (nSPS) is 12.6. The highest BCUT2D eigenvalue weighted by molar-refractivity contribution is 6.33. The summed E-state index contributed by atoms with van der Waals surface area (Å²) in [6, 6.07) is 2.54. The van der Waals surface area contributed by atoms with Crippen LogP contribution in [-0.2, 0) is 0 Å². The lowest BCUT2D eigenvalue weighted by Crippen LogP contribution is -2.36. The molecule has 20 heavy (non-hydrogen) atoms. The third-order valence-corrected chi connectivity index (χ3v) is 3.87. The van der Waals surface area contributed by atoms with Gasteiger partial charge in [0.2, 0.25) is 0 Å². The lowest BCUT2D eigenvalue weighted by Gasteiger charge is -2.20. The van der Waals surface area contributed by atoms with Crippen molar-refractivity contribution in [3.63, 3.8) is 0 Å². The molecule has 0 aromatic heterocycles. The predicted molar refractivity (Wildman–Crippen MR) is 78.6 cm³/mol. The fourth-order valence-corrected chi connectivity index (χ4v) is 2.36. The number of aliphatic hydroxyl groups excluding tert-OH is 1. The monoisotopic (exact) mass is 301 g/mol. The number of hydrogen-bond donors (Lipinski definition) is 2. The van der Waals surface area contributed by atoms with Crippen LogP contribution in [0.15, 0.2) is 12.1 Å². The minimum atomic E-state index is -0.589. The van der Waals surface area contributed by atoms with Crippen molar-refractivity contribution in [1.29, 1.82) is 0 Å². The van der Waals surface area contributed by atoms with E-state index >= 15 is 0 Å². The highest BCUT2D eigenvalue weighted by atomic mass is 35.5. The van der Waals surface area contributed by atoms with Crippen molar-refractivity contribution in [2.24, 2.45) is 5.92 Å². The summed E-state index contributed by atoms with van der Waals surface area (Å²) in [6.45, 7) is 5.73. The van der Waals surface area contributed by atoms with Gasteiger partial charge in [-0.1, -0.05) is 38.3 Å². The van der Waals surface area contributed by atoms with Crippen LogP contribution in [0.2, 0.25) is 5.02 Å². The van der Waals surface area contributed by atoms with Crippen molar-refractivity contribution in [3.8, 4) is 0 Å². The first-order chi connectivity index (χ1) is 9.40. The van der Waals surface area contributed by atoms with Crippen LogP contribution in [0.5, 0.6) is 0 Å². The number of rotatable bonds is 6. The molecular formula is C15H21ClFNO2. The van der Waals surface area contributed by atoms with Crippen LogP contribution in [-0.4, -0.2) is 23.7 Å². The maximum atomic E-state index is 13.3. The smallest absolute Gasteiger partial charge is 0.252 e. The molecule has 0 aliphatic carbocycles. The number of carbonyl (C=O) groups is 1. The van der Waals surface area contributed by atoms with Crippen LogP contribution in [0.3, 0.4) is 0 Å². The number of aliphatic hydroxyl groups is 1. The molecule has 1 aromatic carbocycles. The van der Waals surface area contributed by atoms with Gasteiger partial charge < -0.3 is 10.4 Å². The van der Waals surface area contributed by atoms with Gasteiger partial charge >= 0.3 is 0 Å². The van der Waals surface area contributed by atoms with E-state index in [4.69, 9.17) is 11.6 Å². The first kappa shape index (κ1) is 16.9. The van der Waals surface area contributed by atoms with Crippen molar-refractivity contribution in [2.45, 2.75) is 39.7 Å². The van der Waals surface area contributed by atoms with E-state index in [0.717, 1.165) is 18.9 Å². The molecule has 0 aliphatic rings. The van der Waals surface area contributed by atoms with E-state index < -0.39 is 17.8 Å². The quantitative estimate of drug-likeness (QED) is 0.847. The van der Waals surface area contributed by atoms with Crippen LogP contribution >= 0.6 is 11.6 Å². The molecule has 2 N–H and O–H groups in total. The summed E-state index contributed by atoms with van der Waals surface area (Å²) in [6.07, 6.45) is 1.11. The fraction of sp³-hybridized carbons (Fsp3) is 0.533. The minimum absolute atomic E-state index is 0.0719. The number of nitrogens with one attached hydrogen (secondary N) is 1. The zero-order chi connectivity index (χ0) is 15.3. The topological polar surface area (TPSA) is 49.3 Å². The summed E-state index contributed by atoms with van der Waals surface area (Å²) in [5.41, 5.74) is 0.586. The number of amides is 1. The Bertz CT molecular complexity index is 475. The van der Waals surface area contributed by atoms with Gasteiger partial charge in [0.05, 0.1) is 16.7 Å². The Hall–Kier alpha value is -1.13. The van der Waals surface area contributed by atoms with Crippen molar-refractivity contribution < 1.29 is 14.3 Å². The Labute approximate surface area is 124 Å². The molecule has 1 atom stereocenters. The number of aryl methyl sites for hydroxylation is 1. The SMILES string of the molecule is CCC(CC)C(O)CNC(=O)c1cc(C)c(F)cc1Cl. The second-order valence-corrected chi connectivity index (χ2v) is 5.34. The number of carbonyl (C=O) groups excluding carboxylic acids is 1. The van der Waals surface area contributed by atoms with Gasteiger partial charge in [-0.15, -0.1) is 0 Å². The van der Waals surface area contributed by atoms with E-state index in [2.05, 4.69) is 5.32 Å². The average Bonchev–Trinajstić information content (AvgIpc) is 2.41. The van der Waals surface area contributed by atoms with Crippen molar-refractivity contribution >= 4 is 17.5 Å². The zero-order valence-corrected chi connectivity index (χ0v) is 12.8. The summed E-state index contributed by atoms with van der Waals surface area (Å²) < 4.78 is 13.3. The third-order valence-electron chi connectivity index (χ3n) is 3.56. The maximum Gasteiger partial charge on any atom is 0.252 e. The van der Waals surface area contributed by atoms with E-state index in [1.807, 2.05) is 13.8 Å². The van der Waals surface area contributed by atoms with Gasteiger partial charge in [-0.3, -0.25) is 4.79 Å². The molecule has 0 saturated carbocycles. The van der Waals surface area contributed by atoms with Crippen LogP contribution in [0.4, 0.5) is 4.39 Å². The summed E-state index contributed by atoms with van der Waals surface area (Å²) in [5.74, 6) is -0.688. The minimum Gasteiger partial charge on any atom is -0.391 e. The second kappa shape index (κ2) is 7.60. The summed E-state index contributed by atoms with van der Waals surface area (Å²) >= 11 is 5.87. The first-order valence-corrected chi connectivity index (χ1v) is 7.20. The van der Waals surface area contributed by atoms with Gasteiger partial charge in [-0.25, -0.2) is 4.39 Å². The largest absolute Gasteiger partial charge is 0.391 e. The standard InChI is InChI=1S/C15H21ClFNO2/c1-4-10(5-2)14(19)8-18-15(20)11-6-9(3)13(17)7-12(11)16/h6-7,10,14,19H,4-5,8H2,1-3H3,(H,18,20). The molecule has 0 aliphatic heterocycles. The first-order valence-electron chi connectivity index (χ1n) is 6.82. The van der Waals surface area contributed by atoms with Crippen LogP contribution in [0.1, 0.15) is 42.6 Å². The molecular weight excluding hydrogens is 281 g/mol. The Morgan fingerprint density at radius 3 is 2.55 bits per heavy atom. The van der Waals surface area contributed by atoms with Crippen molar-refractivity contribution in [2.75, 3.05) is 6.54 Å². The van der Waals surface area contributed by atoms with Crippen molar-refractivity contribution in [3.05, 3.63) is 34.1 Å². The Balaban J connectivity index is 2.70. The second-order valence-electron chi connectivity index (χ2n) is 4.94. The molecule has 3 nitrogen and oxygen atoms in total. The maximum absolute atomic E-state index is 13.3. The molecule has 0 heterocycles. The molecule has 5 heteroatoms. The van der Waals surface area contributed by atoms with Gasteiger partial charge in [-0.05, 0) is 30.5 Å². The molecule has 0 bridgehead atoms. The molecule has 1 aromatic rings. The molecule has 0 fully saturated rings. The van der Waals surface area contributed by atoms with E-state index in [-0.39, 0.29) is 23.0 Å². The van der Waals surface area contributed by atoms with E-state index in [0.29, 0.717) is 5.56 Å². The van der Waals surface area contributed by atoms with E-state index in [1.165, 1.54) is 6.07 Å². The molecule has 0 saturated heterocycles. The van der Waals surface area contributed by atoms with E-state index in [9.17, 15) is 14.3 Å². The Kier molecular flexibility index (Phi) is 6.43. The van der Waals surface area contributed by atoms with Gasteiger partial charge in [-0.2, -0.15) is 0 Å². The van der Waals surface area contributed by atoms with Gasteiger partial charge in [0.1, 0.15) is 5.82 Å². The van der Waals surface area contributed by atoms with Crippen LogP contribution < -0.4 is 5.32 Å². The number of halogens is 2. The highest BCUT2D eigenvalue weighted by Crippen LogP contribution is 2.20. The Morgan fingerprint density at radius 2 is 2.00 bits per heavy atom. The predicted octanol–water partition coefficient (Wildman–Crippen LogP) is 3.31. The summed E-state index contributed by atoms with van der Waals surface area (Å²) in [4.78, 5) is 12.0. The highest BCUT2D eigenvalue weighted by Gasteiger charge is 2.18. The molecule has 112 valence electrons. The van der Waals surface area contributed by atoms with Crippen molar-refractivity contribution in [1.82, 2.24) is 5.32 Å². The summed E-state index contributed by atoms with van der Waals surface area (Å²) in [5, 5.41) is 12.7. The number of hydrogen-bond acceptors (Lipinski definition) is 2. The molecule has 1 amide bonds. The lowest BCUT2D eigenvalue weighted by molar-refractivity contribution is 0.0816. The van der Waals surface area contributed by atoms with E-state index in [1.54, 1.807) is 6.92 Å². The molecule has 0 spiro atoms. The van der Waals surface area contributed by atoms with Gasteiger partial charge in [0.15, 0.2) is 0 Å². The van der Waals surface area contributed by atoms with Gasteiger partial charge in [0, 0.05) is 6.54 Å². The fourth-order valence-electron chi connectivity index (χ4n) is 2.12. The third kappa shape index (κ3) is 4.18. The zero-order valence-electron chi connectivity index (χ0n) is 12.0. The lowest BCUT2D eigenvalue weighted by atomic mass is 9.96. The molecule has 0 radical (unpaired) electrons. The molecule has 1 rings (SSSR count). The number of benzene rings is 1.